The van der Waals surface area contributed by atoms with Crippen molar-refractivity contribution >= 4 is 17.7 Å². The summed E-state index contributed by atoms with van der Waals surface area (Å²) in [5.74, 6) is -0.586. The van der Waals surface area contributed by atoms with Crippen molar-refractivity contribution in [3.05, 3.63) is 29.8 Å². The molecular formula is C14H19NO2S. The summed E-state index contributed by atoms with van der Waals surface area (Å²) >= 11 is 1.74. The molecule has 0 radical (unpaired) electrons. The molecule has 0 saturated carbocycles. The molecule has 1 unspecified atom stereocenters. The van der Waals surface area contributed by atoms with Crippen LogP contribution in [0.3, 0.4) is 0 Å². The minimum atomic E-state index is -0.677. The van der Waals surface area contributed by atoms with Crippen LogP contribution in [0.5, 0.6) is 0 Å². The Bertz CT molecular complexity index is 412. The van der Waals surface area contributed by atoms with Gasteiger partial charge in [0.2, 0.25) is 0 Å². The van der Waals surface area contributed by atoms with Gasteiger partial charge in [-0.15, -0.1) is 11.8 Å². The number of aliphatic carboxylic acids is 1. The maximum absolute atomic E-state index is 10.8. The quantitative estimate of drug-likeness (QED) is 0.831. The molecule has 1 atom stereocenters. The van der Waals surface area contributed by atoms with Gasteiger partial charge in [-0.05, 0) is 29.9 Å². The highest BCUT2D eigenvalue weighted by Crippen LogP contribution is 2.26. The number of rotatable bonds is 5. The van der Waals surface area contributed by atoms with Crippen LogP contribution in [0.1, 0.15) is 12.5 Å². The third-order valence-electron chi connectivity index (χ3n) is 3.65. The number of nitrogens with zero attached hydrogens (tertiary/aromatic N) is 1. The molecule has 1 N–H and O–H groups in total. The van der Waals surface area contributed by atoms with Crippen LogP contribution in [0.4, 0.5) is 0 Å². The van der Waals surface area contributed by atoms with Gasteiger partial charge in [-0.2, -0.15) is 0 Å². The summed E-state index contributed by atoms with van der Waals surface area (Å²) in [4.78, 5) is 14.4. The third-order valence-corrected chi connectivity index (χ3v) is 4.39. The largest absolute Gasteiger partial charge is 0.481 e. The molecular weight excluding hydrogens is 246 g/mol. The molecule has 1 fully saturated rings. The van der Waals surface area contributed by atoms with E-state index in [1.807, 2.05) is 0 Å². The first-order valence-corrected chi connectivity index (χ1v) is 7.40. The van der Waals surface area contributed by atoms with Gasteiger partial charge < -0.3 is 5.11 Å². The first-order chi connectivity index (χ1) is 8.60. The minimum Gasteiger partial charge on any atom is -0.481 e. The highest BCUT2D eigenvalue weighted by Gasteiger charge is 2.34. The van der Waals surface area contributed by atoms with E-state index >= 15 is 0 Å². The summed E-state index contributed by atoms with van der Waals surface area (Å²) in [6.45, 7) is 4.53. The predicted octanol–water partition coefficient (Wildman–Crippen LogP) is 2.56. The molecule has 1 aliphatic rings. The molecule has 1 aromatic carbocycles. The fraction of sp³-hybridized carbons (Fsp3) is 0.500. The number of likely N-dealkylation sites (tertiary alicyclic amines) is 1. The maximum Gasteiger partial charge on any atom is 0.306 e. The smallest absolute Gasteiger partial charge is 0.306 e. The monoisotopic (exact) mass is 265 g/mol. The molecule has 1 saturated heterocycles. The van der Waals surface area contributed by atoms with Crippen molar-refractivity contribution in [2.24, 2.45) is 11.8 Å². The molecule has 1 heterocycles. The van der Waals surface area contributed by atoms with Crippen molar-refractivity contribution in [1.29, 1.82) is 0 Å². The number of benzene rings is 1. The SMILES string of the molecule is CSc1ccc(CN2CC(C(C)C(=O)O)C2)cc1. The molecule has 0 bridgehead atoms. The molecule has 0 aliphatic carbocycles. The van der Waals surface area contributed by atoms with Crippen molar-refractivity contribution in [2.45, 2.75) is 18.4 Å². The normalized spacial score (nSPS) is 18.3. The van der Waals surface area contributed by atoms with Crippen LogP contribution in [0.15, 0.2) is 29.2 Å². The van der Waals surface area contributed by atoms with Crippen molar-refractivity contribution in [2.75, 3.05) is 19.3 Å². The van der Waals surface area contributed by atoms with Gasteiger partial charge in [0.1, 0.15) is 0 Å². The molecule has 0 aromatic heterocycles. The Balaban J connectivity index is 1.81. The zero-order valence-corrected chi connectivity index (χ0v) is 11.6. The Morgan fingerprint density at radius 2 is 2.06 bits per heavy atom. The van der Waals surface area contributed by atoms with Crippen LogP contribution in [0, 0.1) is 11.8 Å². The Morgan fingerprint density at radius 3 is 2.56 bits per heavy atom. The van der Waals surface area contributed by atoms with Crippen molar-refractivity contribution < 1.29 is 9.90 Å². The van der Waals surface area contributed by atoms with E-state index in [1.165, 1.54) is 10.5 Å². The lowest BCUT2D eigenvalue weighted by Crippen LogP contribution is -2.50. The standard InChI is InChI=1S/C14H19NO2S/c1-10(14(16)17)12-8-15(9-12)7-11-3-5-13(18-2)6-4-11/h3-6,10,12H,7-9H2,1-2H3,(H,16,17). The van der Waals surface area contributed by atoms with Crippen LogP contribution >= 0.6 is 11.8 Å². The number of thioether (sulfide) groups is 1. The Morgan fingerprint density at radius 1 is 1.44 bits per heavy atom. The average Bonchev–Trinajstić information content (AvgIpc) is 2.33. The highest BCUT2D eigenvalue weighted by atomic mass is 32.2. The molecule has 98 valence electrons. The lowest BCUT2D eigenvalue weighted by atomic mass is 9.87. The summed E-state index contributed by atoms with van der Waals surface area (Å²) in [6.07, 6.45) is 2.07. The van der Waals surface area contributed by atoms with E-state index in [4.69, 9.17) is 5.11 Å². The van der Waals surface area contributed by atoms with Crippen LogP contribution in [0.25, 0.3) is 0 Å². The van der Waals surface area contributed by atoms with Gasteiger partial charge in [-0.25, -0.2) is 0 Å². The van der Waals surface area contributed by atoms with Gasteiger partial charge in [0.15, 0.2) is 0 Å². The van der Waals surface area contributed by atoms with Gasteiger partial charge in [0, 0.05) is 24.5 Å². The first-order valence-electron chi connectivity index (χ1n) is 6.18. The lowest BCUT2D eigenvalue weighted by molar-refractivity contribution is -0.145. The fourth-order valence-electron chi connectivity index (χ4n) is 2.25. The molecule has 0 amide bonds. The molecule has 1 aliphatic heterocycles. The van der Waals surface area contributed by atoms with E-state index in [9.17, 15) is 4.79 Å². The summed E-state index contributed by atoms with van der Waals surface area (Å²) in [7, 11) is 0. The number of carbonyl (C=O) groups is 1. The zero-order chi connectivity index (χ0) is 13.1. The molecule has 0 spiro atoms. The van der Waals surface area contributed by atoms with Crippen LogP contribution in [-0.2, 0) is 11.3 Å². The third kappa shape index (κ3) is 3.06. The molecule has 3 nitrogen and oxygen atoms in total. The Kier molecular flexibility index (Phi) is 4.30. The Labute approximate surface area is 112 Å². The topological polar surface area (TPSA) is 40.5 Å². The van der Waals surface area contributed by atoms with Crippen molar-refractivity contribution in [3.63, 3.8) is 0 Å². The second kappa shape index (κ2) is 5.76. The molecule has 18 heavy (non-hydrogen) atoms. The summed E-state index contributed by atoms with van der Waals surface area (Å²) in [5, 5.41) is 8.93. The van der Waals surface area contributed by atoms with Crippen LogP contribution < -0.4 is 0 Å². The van der Waals surface area contributed by atoms with Gasteiger partial charge in [-0.3, -0.25) is 9.69 Å². The van der Waals surface area contributed by atoms with E-state index in [0.717, 1.165) is 19.6 Å². The summed E-state index contributed by atoms with van der Waals surface area (Å²) < 4.78 is 0. The number of hydrogen-bond acceptors (Lipinski definition) is 3. The molecule has 4 heteroatoms. The molecule has 2 rings (SSSR count). The van der Waals surface area contributed by atoms with E-state index < -0.39 is 5.97 Å². The summed E-state index contributed by atoms with van der Waals surface area (Å²) in [5.41, 5.74) is 1.30. The number of carboxylic acids is 1. The predicted molar refractivity (Wildman–Crippen MR) is 73.8 cm³/mol. The van der Waals surface area contributed by atoms with Crippen molar-refractivity contribution in [3.8, 4) is 0 Å². The lowest BCUT2D eigenvalue weighted by Gasteiger charge is -2.41. The van der Waals surface area contributed by atoms with Crippen molar-refractivity contribution in [1.82, 2.24) is 4.90 Å². The van der Waals surface area contributed by atoms with E-state index in [-0.39, 0.29) is 5.92 Å². The molecule has 1 aromatic rings. The zero-order valence-electron chi connectivity index (χ0n) is 10.8. The van der Waals surface area contributed by atoms with Gasteiger partial charge in [0.05, 0.1) is 5.92 Å². The first kappa shape index (κ1) is 13.4. The second-order valence-electron chi connectivity index (χ2n) is 4.93. The van der Waals surface area contributed by atoms with Crippen LogP contribution in [-0.4, -0.2) is 35.3 Å². The van der Waals surface area contributed by atoms with Gasteiger partial charge in [-0.1, -0.05) is 19.1 Å². The van der Waals surface area contributed by atoms with Crippen LogP contribution in [0.2, 0.25) is 0 Å². The van der Waals surface area contributed by atoms with E-state index in [1.54, 1.807) is 18.7 Å². The number of carboxylic acid groups (broad SMARTS) is 1. The fourth-order valence-corrected chi connectivity index (χ4v) is 2.65. The summed E-state index contributed by atoms with van der Waals surface area (Å²) in [6, 6.07) is 8.58. The van der Waals surface area contributed by atoms with E-state index in [0.29, 0.717) is 5.92 Å². The van der Waals surface area contributed by atoms with Gasteiger partial charge >= 0.3 is 5.97 Å². The Hall–Kier alpha value is -1.00. The highest BCUT2D eigenvalue weighted by molar-refractivity contribution is 7.98. The minimum absolute atomic E-state index is 0.222. The van der Waals surface area contributed by atoms with Gasteiger partial charge in [0.25, 0.3) is 0 Å². The van der Waals surface area contributed by atoms with E-state index in [2.05, 4.69) is 35.4 Å². The maximum atomic E-state index is 10.8. The second-order valence-corrected chi connectivity index (χ2v) is 5.81. The number of hydrogen-bond donors (Lipinski definition) is 1. The average molecular weight is 265 g/mol.